The van der Waals surface area contributed by atoms with Crippen molar-refractivity contribution in [3.8, 4) is 12.8 Å². The minimum Gasteiger partial charge on any atom is -0.366 e. The Labute approximate surface area is 268 Å². The number of nitrogens with zero attached hydrogens (tertiary/aromatic N) is 2. The van der Waals surface area contributed by atoms with Crippen LogP contribution < -0.4 is 5.32 Å². The summed E-state index contributed by atoms with van der Waals surface area (Å²) in [4.78, 5) is 9.89. The second-order valence-electron chi connectivity index (χ2n) is 8.20. The van der Waals surface area contributed by atoms with Gasteiger partial charge in [-0.15, -0.1) is 24.2 Å². The van der Waals surface area contributed by atoms with Crippen LogP contribution in [0.2, 0.25) is 0 Å². The van der Waals surface area contributed by atoms with Crippen LogP contribution in [-0.4, -0.2) is 16.6 Å². The average molecular weight is 622 g/mol. The van der Waals surface area contributed by atoms with Gasteiger partial charge in [0.1, 0.15) is 12.6 Å². The van der Waals surface area contributed by atoms with Gasteiger partial charge < -0.3 is 10.1 Å². The molecule has 0 aliphatic rings. The molecule has 2 aromatic carbocycles. The molecule has 4 nitrogen and oxygen atoms in total. The lowest BCUT2D eigenvalue weighted by atomic mass is 10.0. The fourth-order valence-corrected chi connectivity index (χ4v) is 4.34. The quantitative estimate of drug-likeness (QED) is 0.157. The number of rotatable bonds is 8. The predicted molar refractivity (Wildman–Crippen MR) is 190 cm³/mol. The van der Waals surface area contributed by atoms with Crippen molar-refractivity contribution in [3.63, 3.8) is 0 Å². The van der Waals surface area contributed by atoms with Crippen LogP contribution in [0.1, 0.15) is 67.4 Å². The summed E-state index contributed by atoms with van der Waals surface area (Å²) in [6.45, 7) is 23.1. The number of benzene rings is 2. The predicted octanol–water partition coefficient (Wildman–Crippen LogP) is 10.5. The maximum atomic E-state index is 13.2. The minimum atomic E-state index is 0.209. The third kappa shape index (κ3) is 14.7. The minimum absolute atomic E-state index is 0.209. The number of carbonyl (C=O) groups is 1. The molecule has 7 heteroatoms. The highest BCUT2D eigenvalue weighted by atomic mass is 32.2. The molecule has 0 aliphatic carbocycles. The Morgan fingerprint density at radius 1 is 0.977 bits per heavy atom. The Morgan fingerprint density at radius 2 is 1.56 bits per heavy atom. The molecule has 0 atom stereocenters. The zero-order valence-electron chi connectivity index (χ0n) is 27.0. The molecule has 0 fully saturated rings. The molecule has 0 saturated carbocycles. The molecule has 0 unspecified atom stereocenters. The number of terminal acetylenes is 1. The van der Waals surface area contributed by atoms with Crippen molar-refractivity contribution in [2.24, 2.45) is 0 Å². The molecular formula is C36H48FN3OS2. The topological polar surface area (TPSA) is 46.9 Å². The van der Waals surface area contributed by atoms with Crippen LogP contribution in [0.4, 0.5) is 3.89 Å². The van der Waals surface area contributed by atoms with Gasteiger partial charge in [-0.2, -0.15) is 8.98 Å². The van der Waals surface area contributed by atoms with Crippen molar-refractivity contribution in [2.75, 3.05) is 0 Å². The van der Waals surface area contributed by atoms with E-state index in [-0.39, 0.29) is 12.1 Å². The first-order valence-corrected chi connectivity index (χ1v) is 15.8. The number of nitrogens with one attached hydrogen (secondary N) is 1. The van der Waals surface area contributed by atoms with Crippen molar-refractivity contribution in [1.82, 2.24) is 15.1 Å². The highest BCUT2D eigenvalue weighted by molar-refractivity contribution is 7.94. The van der Waals surface area contributed by atoms with Gasteiger partial charge in [0.05, 0.1) is 28.9 Å². The summed E-state index contributed by atoms with van der Waals surface area (Å²) in [5.41, 5.74) is 6.32. The fraction of sp³-hybridized carbons (Fsp3) is 0.278. The van der Waals surface area contributed by atoms with Crippen molar-refractivity contribution < 1.29 is 8.68 Å². The third-order valence-electron chi connectivity index (χ3n) is 5.65. The summed E-state index contributed by atoms with van der Waals surface area (Å²) >= 11 is 1.99. The number of aryl methyl sites for hydroxylation is 3. The number of allylic oxidation sites excluding steroid dienone is 2. The highest BCUT2D eigenvalue weighted by Gasteiger charge is 2.12. The molecule has 0 spiro atoms. The maximum Gasteiger partial charge on any atom is 0.128 e. The number of hydrogen-bond donors (Lipinski definition) is 1. The van der Waals surface area contributed by atoms with Gasteiger partial charge >= 0.3 is 0 Å². The van der Waals surface area contributed by atoms with Gasteiger partial charge in [0, 0.05) is 11.4 Å². The van der Waals surface area contributed by atoms with Crippen LogP contribution in [-0.2, 0) is 17.8 Å². The molecule has 0 aliphatic heterocycles. The number of carbonyl (C=O) groups excluding carboxylic acids is 1. The van der Waals surface area contributed by atoms with Crippen molar-refractivity contribution >= 4 is 41.7 Å². The highest BCUT2D eigenvalue weighted by Crippen LogP contribution is 2.26. The Morgan fingerprint density at radius 3 is 2.00 bits per heavy atom. The van der Waals surface area contributed by atoms with E-state index in [4.69, 9.17) is 4.79 Å². The first-order valence-electron chi connectivity index (χ1n) is 14.2. The lowest BCUT2D eigenvalue weighted by molar-refractivity contribution is -0.0980. The summed E-state index contributed by atoms with van der Waals surface area (Å²) in [6, 6.07) is 20.8. The Kier molecular flexibility index (Phi) is 24.8. The van der Waals surface area contributed by atoms with E-state index in [0.29, 0.717) is 11.4 Å². The SMILES string of the molecule is C#C.C=C(/C=C(/NCc1ccc(CC)cc1)n1ncc(SF)c1C)c1ccccc1C.C=O.CC.CC.Cc1cccs1. The second-order valence-corrected chi connectivity index (χ2v) is 9.95. The second kappa shape index (κ2) is 25.8. The number of aromatic nitrogens is 2. The molecule has 43 heavy (non-hydrogen) atoms. The maximum absolute atomic E-state index is 13.2. The molecule has 0 bridgehead atoms. The molecule has 0 radical (unpaired) electrons. The molecule has 4 rings (SSSR count). The lowest BCUT2D eigenvalue weighted by Crippen LogP contribution is -2.19. The molecule has 1 N–H and O–H groups in total. The van der Waals surface area contributed by atoms with Gasteiger partial charge in [0.2, 0.25) is 0 Å². The largest absolute Gasteiger partial charge is 0.366 e. The zero-order valence-corrected chi connectivity index (χ0v) is 28.6. The van der Waals surface area contributed by atoms with Crippen LogP contribution in [0.3, 0.4) is 0 Å². The average Bonchev–Trinajstić information content (AvgIpc) is 3.71. The van der Waals surface area contributed by atoms with E-state index >= 15 is 0 Å². The number of thiophene rings is 1. The van der Waals surface area contributed by atoms with Gasteiger partial charge in [-0.25, -0.2) is 4.68 Å². The van der Waals surface area contributed by atoms with Gasteiger partial charge in [-0.1, -0.05) is 95.8 Å². The first-order chi connectivity index (χ1) is 20.9. The van der Waals surface area contributed by atoms with E-state index in [0.717, 1.165) is 34.6 Å². The third-order valence-corrected chi connectivity index (χ3v) is 7.01. The van der Waals surface area contributed by atoms with E-state index in [1.807, 2.05) is 65.7 Å². The fourth-order valence-electron chi connectivity index (χ4n) is 3.52. The molecule has 232 valence electrons. The summed E-state index contributed by atoms with van der Waals surface area (Å²) < 4.78 is 14.9. The molecule has 0 saturated heterocycles. The first kappa shape index (κ1) is 41.3. The van der Waals surface area contributed by atoms with Crippen LogP contribution in [0.25, 0.3) is 11.4 Å². The molecule has 2 heterocycles. The van der Waals surface area contributed by atoms with E-state index in [1.54, 1.807) is 22.2 Å². The van der Waals surface area contributed by atoms with Crippen LogP contribution in [0.5, 0.6) is 0 Å². The standard InChI is InChI=1S/C24H26FN3S.C5H6S.2C2H6.C2H2.CH2O/c1-5-20-10-12-21(13-11-20)15-26-24(28-19(4)23(29-25)16-27-28)14-18(3)22-9-7-6-8-17(22)2;1-5-3-2-4-6-5;4*1-2/h6-14,16,26H,3,5,15H2,1-2,4H3;2-4H,1H3;2*1-2H3;1-2H;1H2/b24-14-;;;;;. The molecule has 4 aromatic rings. The number of halogens is 1. The van der Waals surface area contributed by atoms with Gasteiger partial charge in [0.25, 0.3) is 0 Å². The Balaban J connectivity index is 0. The lowest BCUT2D eigenvalue weighted by Gasteiger charge is -2.15. The van der Waals surface area contributed by atoms with Gasteiger partial charge in [-0.05, 0) is 72.5 Å². The van der Waals surface area contributed by atoms with Gasteiger partial charge in [0.15, 0.2) is 0 Å². The summed E-state index contributed by atoms with van der Waals surface area (Å²) in [5, 5.41) is 9.92. The molecule has 0 amide bonds. The molecule has 2 aromatic heterocycles. The normalized spacial score (nSPS) is 9.42. The van der Waals surface area contributed by atoms with E-state index in [2.05, 4.69) is 98.5 Å². The van der Waals surface area contributed by atoms with Crippen LogP contribution in [0, 0.1) is 33.6 Å². The van der Waals surface area contributed by atoms with Crippen molar-refractivity contribution in [2.45, 2.75) is 73.3 Å². The van der Waals surface area contributed by atoms with Crippen LogP contribution in [0.15, 0.2) is 89.8 Å². The van der Waals surface area contributed by atoms with Crippen molar-refractivity contribution in [1.29, 1.82) is 0 Å². The number of hydrogen-bond acceptors (Lipinski definition) is 5. The van der Waals surface area contributed by atoms with E-state index < -0.39 is 0 Å². The Hall–Kier alpha value is -3.86. The van der Waals surface area contributed by atoms with Gasteiger partial charge in [-0.3, -0.25) is 0 Å². The van der Waals surface area contributed by atoms with Crippen molar-refractivity contribution in [3.05, 3.63) is 118 Å². The monoisotopic (exact) mass is 621 g/mol. The summed E-state index contributed by atoms with van der Waals surface area (Å²) in [7, 11) is 0. The summed E-state index contributed by atoms with van der Waals surface area (Å²) in [6.07, 6.45) is 12.5. The van der Waals surface area contributed by atoms with Crippen LogP contribution >= 0.6 is 23.5 Å². The Bertz CT molecular complexity index is 1320. The summed E-state index contributed by atoms with van der Waals surface area (Å²) in [5.74, 6) is 0.760. The smallest absolute Gasteiger partial charge is 0.128 e. The van der Waals surface area contributed by atoms with E-state index in [1.165, 1.54) is 16.0 Å². The zero-order chi connectivity index (χ0) is 33.2. The molecular weight excluding hydrogens is 574 g/mol. The van der Waals surface area contributed by atoms with E-state index in [9.17, 15) is 3.89 Å².